The van der Waals surface area contributed by atoms with Gasteiger partial charge in [0.15, 0.2) is 11.6 Å². The third-order valence-corrected chi connectivity index (χ3v) is 6.21. The maximum atomic E-state index is 13.8. The second-order valence-electron chi connectivity index (χ2n) is 7.50. The Kier molecular flexibility index (Phi) is 7.25. The van der Waals surface area contributed by atoms with E-state index in [1.165, 1.54) is 6.92 Å². The van der Waals surface area contributed by atoms with Crippen LogP contribution in [-0.4, -0.2) is 31.5 Å². The van der Waals surface area contributed by atoms with Crippen molar-refractivity contribution < 1.29 is 22.0 Å². The average Bonchev–Trinajstić information content (AvgIpc) is 2.76. The molecule has 0 aromatic heterocycles. The first-order valence-electron chi connectivity index (χ1n) is 9.98. The molecular weight excluding hydrogens is 434 g/mol. The van der Waals surface area contributed by atoms with Gasteiger partial charge in [-0.1, -0.05) is 60.7 Å². The summed E-state index contributed by atoms with van der Waals surface area (Å²) in [6.07, 6.45) is 0.927. The van der Waals surface area contributed by atoms with E-state index in [0.29, 0.717) is 0 Å². The van der Waals surface area contributed by atoms with Crippen molar-refractivity contribution in [3.63, 3.8) is 0 Å². The van der Waals surface area contributed by atoms with E-state index in [1.807, 2.05) is 60.7 Å². The van der Waals surface area contributed by atoms with Gasteiger partial charge in [-0.2, -0.15) is 0 Å². The van der Waals surface area contributed by atoms with Crippen LogP contribution in [0, 0.1) is 11.6 Å². The number of hydrogen-bond donors (Lipinski definition) is 0. The lowest BCUT2D eigenvalue weighted by Crippen LogP contribution is -2.49. The number of carbonyl (C=O) groups is 1. The third kappa shape index (κ3) is 5.70. The average molecular weight is 459 g/mol. The minimum Gasteiger partial charge on any atom is -0.332 e. The summed E-state index contributed by atoms with van der Waals surface area (Å²) in [6.45, 7) is 1.95. The van der Waals surface area contributed by atoms with Gasteiger partial charge in [0.1, 0.15) is 6.04 Å². The number of hydrogen-bond acceptors (Lipinski definition) is 3. The molecule has 1 atom stereocenters. The van der Waals surface area contributed by atoms with Crippen molar-refractivity contribution >= 4 is 21.6 Å². The Labute approximate surface area is 187 Å². The number of rotatable bonds is 8. The van der Waals surface area contributed by atoms with Crippen molar-refractivity contribution in [3.05, 3.63) is 102 Å². The number of carbonyl (C=O) groups excluding carboxylic acids is 1. The molecular formula is C24H24F2N2O3S. The van der Waals surface area contributed by atoms with Crippen molar-refractivity contribution in [2.75, 3.05) is 10.6 Å². The lowest BCUT2D eigenvalue weighted by Gasteiger charge is -2.33. The summed E-state index contributed by atoms with van der Waals surface area (Å²) in [5, 5.41) is 0. The minimum atomic E-state index is -3.97. The molecule has 0 heterocycles. The van der Waals surface area contributed by atoms with Gasteiger partial charge in [0, 0.05) is 19.2 Å². The molecule has 3 aromatic carbocycles. The molecule has 0 aliphatic carbocycles. The van der Waals surface area contributed by atoms with Gasteiger partial charge >= 0.3 is 0 Å². The summed E-state index contributed by atoms with van der Waals surface area (Å²) in [5.74, 6) is -2.76. The highest BCUT2D eigenvalue weighted by Crippen LogP contribution is 2.25. The monoisotopic (exact) mass is 458 g/mol. The molecule has 0 aliphatic heterocycles. The zero-order valence-electron chi connectivity index (χ0n) is 17.8. The number of benzene rings is 3. The van der Waals surface area contributed by atoms with Crippen LogP contribution in [0.2, 0.25) is 0 Å². The smallest absolute Gasteiger partial charge is 0.246 e. The molecule has 3 aromatic rings. The van der Waals surface area contributed by atoms with E-state index in [0.717, 1.165) is 39.9 Å². The zero-order valence-corrected chi connectivity index (χ0v) is 18.6. The second kappa shape index (κ2) is 9.91. The van der Waals surface area contributed by atoms with E-state index in [2.05, 4.69) is 0 Å². The zero-order chi connectivity index (χ0) is 23.3. The minimum absolute atomic E-state index is 0.119. The van der Waals surface area contributed by atoms with E-state index >= 15 is 0 Å². The topological polar surface area (TPSA) is 57.7 Å². The van der Waals surface area contributed by atoms with E-state index < -0.39 is 33.6 Å². The molecule has 1 unspecified atom stereocenters. The van der Waals surface area contributed by atoms with Crippen LogP contribution in [-0.2, 0) is 27.9 Å². The Morgan fingerprint density at radius 3 is 1.78 bits per heavy atom. The number of nitrogens with zero attached hydrogens (tertiary/aromatic N) is 2. The first-order chi connectivity index (χ1) is 15.2. The van der Waals surface area contributed by atoms with Crippen LogP contribution in [0.3, 0.4) is 0 Å². The molecule has 0 N–H and O–H groups in total. The molecule has 5 nitrogen and oxygen atoms in total. The summed E-state index contributed by atoms with van der Waals surface area (Å²) < 4.78 is 53.2. The maximum absolute atomic E-state index is 13.8. The first kappa shape index (κ1) is 23.4. The standard InChI is InChI=1S/C24H24F2N2O3S/c1-18(28(32(2,30)31)21-13-14-22(25)23(26)15-21)24(29)27(16-19-9-5-3-6-10-19)17-20-11-7-4-8-12-20/h3-15,18H,16-17H2,1-2H3. The summed E-state index contributed by atoms with van der Waals surface area (Å²) in [5.41, 5.74) is 1.64. The maximum Gasteiger partial charge on any atom is 0.246 e. The van der Waals surface area contributed by atoms with Crippen LogP contribution in [0.5, 0.6) is 0 Å². The van der Waals surface area contributed by atoms with Gasteiger partial charge in [-0.15, -0.1) is 0 Å². The molecule has 1 amide bonds. The van der Waals surface area contributed by atoms with E-state index in [4.69, 9.17) is 0 Å². The lowest BCUT2D eigenvalue weighted by atomic mass is 10.1. The van der Waals surface area contributed by atoms with Crippen molar-refractivity contribution in [2.24, 2.45) is 0 Å². The third-order valence-electron chi connectivity index (χ3n) is 4.97. The van der Waals surface area contributed by atoms with Crippen LogP contribution in [0.25, 0.3) is 0 Å². The summed E-state index contributed by atoms with van der Waals surface area (Å²) in [4.78, 5) is 15.1. The largest absolute Gasteiger partial charge is 0.332 e. The fourth-order valence-electron chi connectivity index (χ4n) is 3.51. The van der Waals surface area contributed by atoms with Crippen molar-refractivity contribution in [3.8, 4) is 0 Å². The van der Waals surface area contributed by atoms with Gasteiger partial charge in [0.25, 0.3) is 0 Å². The lowest BCUT2D eigenvalue weighted by molar-refractivity contribution is -0.133. The highest BCUT2D eigenvalue weighted by molar-refractivity contribution is 7.92. The van der Waals surface area contributed by atoms with Gasteiger partial charge in [-0.05, 0) is 30.2 Å². The highest BCUT2D eigenvalue weighted by atomic mass is 32.2. The molecule has 8 heteroatoms. The molecule has 0 aliphatic rings. The quantitative estimate of drug-likeness (QED) is 0.504. The Balaban J connectivity index is 1.96. The van der Waals surface area contributed by atoms with Gasteiger partial charge in [-0.3, -0.25) is 9.10 Å². The highest BCUT2D eigenvalue weighted by Gasteiger charge is 2.32. The van der Waals surface area contributed by atoms with Crippen molar-refractivity contribution in [2.45, 2.75) is 26.1 Å². The fourth-order valence-corrected chi connectivity index (χ4v) is 4.67. The SMILES string of the molecule is CC(C(=O)N(Cc1ccccc1)Cc1ccccc1)N(c1ccc(F)c(F)c1)S(C)(=O)=O. The van der Waals surface area contributed by atoms with E-state index in [-0.39, 0.29) is 18.8 Å². The number of amides is 1. The van der Waals surface area contributed by atoms with Crippen molar-refractivity contribution in [1.29, 1.82) is 0 Å². The van der Waals surface area contributed by atoms with Crippen LogP contribution in [0.1, 0.15) is 18.1 Å². The van der Waals surface area contributed by atoms with Crippen LogP contribution >= 0.6 is 0 Å². The predicted octanol–water partition coefficient (Wildman–Crippen LogP) is 4.35. The Bertz CT molecular complexity index is 1130. The predicted molar refractivity (Wildman–Crippen MR) is 120 cm³/mol. The Hall–Kier alpha value is -3.26. The Morgan fingerprint density at radius 2 is 1.34 bits per heavy atom. The normalized spacial score (nSPS) is 12.2. The number of halogens is 2. The molecule has 168 valence electrons. The van der Waals surface area contributed by atoms with Crippen LogP contribution < -0.4 is 4.31 Å². The van der Waals surface area contributed by atoms with Gasteiger partial charge in [0.2, 0.25) is 15.9 Å². The molecule has 0 bridgehead atoms. The molecule has 3 rings (SSSR count). The molecule has 0 fully saturated rings. The molecule has 0 saturated heterocycles. The Morgan fingerprint density at radius 1 is 0.844 bits per heavy atom. The van der Waals surface area contributed by atoms with Crippen LogP contribution in [0.4, 0.5) is 14.5 Å². The summed E-state index contributed by atoms with van der Waals surface area (Å²) >= 11 is 0. The van der Waals surface area contributed by atoms with Crippen LogP contribution in [0.15, 0.2) is 78.9 Å². The van der Waals surface area contributed by atoms with E-state index in [1.54, 1.807) is 4.90 Å². The second-order valence-corrected chi connectivity index (χ2v) is 9.36. The van der Waals surface area contributed by atoms with Gasteiger partial charge in [0.05, 0.1) is 11.9 Å². The fraction of sp³-hybridized carbons (Fsp3) is 0.208. The number of sulfonamides is 1. The summed E-state index contributed by atoms with van der Waals surface area (Å²) in [7, 11) is -3.97. The van der Waals surface area contributed by atoms with E-state index in [9.17, 15) is 22.0 Å². The first-order valence-corrected chi connectivity index (χ1v) is 11.8. The molecule has 0 radical (unpaired) electrons. The summed E-state index contributed by atoms with van der Waals surface area (Å²) in [6, 6.07) is 20.2. The van der Waals surface area contributed by atoms with Gasteiger partial charge in [-0.25, -0.2) is 17.2 Å². The molecule has 0 spiro atoms. The van der Waals surface area contributed by atoms with Crippen molar-refractivity contribution in [1.82, 2.24) is 4.90 Å². The van der Waals surface area contributed by atoms with Gasteiger partial charge < -0.3 is 4.90 Å². The molecule has 0 saturated carbocycles. The number of anilines is 1. The molecule has 32 heavy (non-hydrogen) atoms.